The number of hydrogen-bond acceptors (Lipinski definition) is 2. The number of para-hydroxylation sites is 1. The average Bonchev–Trinajstić information content (AvgIpc) is 2.51. The Morgan fingerprint density at radius 1 is 1.27 bits per heavy atom. The Kier molecular flexibility index (Phi) is 5.47. The van der Waals surface area contributed by atoms with E-state index in [9.17, 15) is 4.79 Å². The molecule has 22 heavy (non-hydrogen) atoms. The maximum atomic E-state index is 12.4. The lowest BCUT2D eigenvalue weighted by atomic mass is 10.1. The lowest BCUT2D eigenvalue weighted by Crippen LogP contribution is -2.13. The molecule has 2 aromatic rings. The highest BCUT2D eigenvalue weighted by Crippen LogP contribution is 2.30. The third-order valence-electron chi connectivity index (χ3n) is 3.11. The van der Waals surface area contributed by atoms with Crippen molar-refractivity contribution in [2.45, 2.75) is 6.42 Å². The number of nitrogens with one attached hydrogen (secondary N) is 1. The zero-order valence-corrected chi connectivity index (χ0v) is 13.5. The zero-order chi connectivity index (χ0) is 16.1. The van der Waals surface area contributed by atoms with Gasteiger partial charge in [-0.1, -0.05) is 35.3 Å². The molecular weight excluding hydrogens is 321 g/mol. The van der Waals surface area contributed by atoms with Crippen LogP contribution in [0.5, 0.6) is 5.75 Å². The Labute approximate surface area is 139 Å². The molecule has 0 saturated heterocycles. The van der Waals surface area contributed by atoms with E-state index in [0.717, 1.165) is 5.56 Å². The van der Waals surface area contributed by atoms with Crippen LogP contribution in [-0.2, 0) is 6.42 Å². The fourth-order valence-corrected chi connectivity index (χ4v) is 2.53. The minimum atomic E-state index is -0.289. The van der Waals surface area contributed by atoms with Crippen molar-refractivity contribution in [1.82, 2.24) is 0 Å². The third kappa shape index (κ3) is 3.62. The average molecular weight is 336 g/mol. The Bertz CT molecular complexity index is 694. The zero-order valence-electron chi connectivity index (χ0n) is 12.0. The van der Waals surface area contributed by atoms with Crippen LogP contribution >= 0.6 is 23.2 Å². The normalized spacial score (nSPS) is 10.1. The van der Waals surface area contributed by atoms with Crippen molar-refractivity contribution >= 4 is 34.8 Å². The highest BCUT2D eigenvalue weighted by atomic mass is 35.5. The Balaban J connectivity index is 2.30. The molecule has 2 aromatic carbocycles. The molecule has 0 atom stereocenters. The van der Waals surface area contributed by atoms with Crippen LogP contribution in [-0.4, -0.2) is 13.0 Å². The molecule has 0 radical (unpaired) electrons. The summed E-state index contributed by atoms with van der Waals surface area (Å²) in [6, 6.07) is 10.3. The predicted molar refractivity (Wildman–Crippen MR) is 91.3 cm³/mol. The molecule has 1 amide bonds. The minimum absolute atomic E-state index is 0.289. The van der Waals surface area contributed by atoms with Gasteiger partial charge in [0, 0.05) is 5.56 Å². The first-order chi connectivity index (χ1) is 10.6. The van der Waals surface area contributed by atoms with E-state index < -0.39 is 0 Å². The molecule has 0 heterocycles. The number of hydrogen-bond donors (Lipinski definition) is 1. The van der Waals surface area contributed by atoms with Crippen molar-refractivity contribution in [3.8, 4) is 5.75 Å². The maximum Gasteiger partial charge on any atom is 0.255 e. The number of rotatable bonds is 5. The van der Waals surface area contributed by atoms with Gasteiger partial charge in [-0.25, -0.2) is 0 Å². The lowest BCUT2D eigenvalue weighted by molar-refractivity contribution is 0.102. The van der Waals surface area contributed by atoms with Crippen LogP contribution in [0.2, 0.25) is 10.0 Å². The summed E-state index contributed by atoms with van der Waals surface area (Å²) in [5.74, 6) is 0.426. The van der Waals surface area contributed by atoms with Crippen molar-refractivity contribution in [3.63, 3.8) is 0 Å². The topological polar surface area (TPSA) is 38.3 Å². The SMILES string of the molecule is C=CCc1cc(C(=O)Nc2c(Cl)cccc2Cl)ccc1OC. The van der Waals surface area contributed by atoms with E-state index in [0.29, 0.717) is 33.5 Å². The van der Waals surface area contributed by atoms with E-state index >= 15 is 0 Å². The number of halogens is 2. The van der Waals surface area contributed by atoms with Crippen LogP contribution in [0.25, 0.3) is 0 Å². The molecular formula is C17H15Cl2NO2. The van der Waals surface area contributed by atoms with Gasteiger partial charge in [-0.05, 0) is 42.3 Å². The van der Waals surface area contributed by atoms with Crippen molar-refractivity contribution in [1.29, 1.82) is 0 Å². The number of allylic oxidation sites excluding steroid dienone is 1. The fraction of sp³-hybridized carbons (Fsp3) is 0.118. The standard InChI is InChI=1S/C17H15Cl2NO2/c1-3-5-11-10-12(8-9-15(11)22-2)17(21)20-16-13(18)6-4-7-14(16)19/h3-4,6-10H,1,5H2,2H3,(H,20,21). The van der Waals surface area contributed by atoms with Gasteiger partial charge in [-0.3, -0.25) is 4.79 Å². The first-order valence-corrected chi connectivity index (χ1v) is 7.35. The van der Waals surface area contributed by atoms with Gasteiger partial charge in [0.1, 0.15) is 5.75 Å². The van der Waals surface area contributed by atoms with Crippen LogP contribution in [0, 0.1) is 0 Å². The summed E-state index contributed by atoms with van der Waals surface area (Å²) < 4.78 is 5.27. The summed E-state index contributed by atoms with van der Waals surface area (Å²) in [4.78, 5) is 12.4. The number of carbonyl (C=O) groups is 1. The van der Waals surface area contributed by atoms with Gasteiger partial charge >= 0.3 is 0 Å². The molecule has 0 saturated carbocycles. The number of amides is 1. The molecule has 0 aliphatic heterocycles. The third-order valence-corrected chi connectivity index (χ3v) is 3.74. The van der Waals surface area contributed by atoms with Gasteiger partial charge in [-0.15, -0.1) is 6.58 Å². The number of benzene rings is 2. The molecule has 0 fully saturated rings. The van der Waals surface area contributed by atoms with Gasteiger partial charge in [0.15, 0.2) is 0 Å². The van der Waals surface area contributed by atoms with Gasteiger partial charge in [0.05, 0.1) is 22.8 Å². The summed E-state index contributed by atoms with van der Waals surface area (Å²) in [7, 11) is 1.59. The molecule has 5 heteroatoms. The van der Waals surface area contributed by atoms with Crippen LogP contribution in [0.1, 0.15) is 15.9 Å². The van der Waals surface area contributed by atoms with Crippen LogP contribution < -0.4 is 10.1 Å². The fourth-order valence-electron chi connectivity index (χ4n) is 2.04. The van der Waals surface area contributed by atoms with Gasteiger partial charge in [-0.2, -0.15) is 0 Å². The summed E-state index contributed by atoms with van der Waals surface area (Å²) in [6.07, 6.45) is 2.36. The first-order valence-electron chi connectivity index (χ1n) is 6.60. The molecule has 0 aliphatic rings. The van der Waals surface area contributed by atoms with Crippen LogP contribution in [0.15, 0.2) is 49.1 Å². The Morgan fingerprint density at radius 2 is 1.95 bits per heavy atom. The van der Waals surface area contributed by atoms with E-state index in [1.54, 1.807) is 49.6 Å². The second-order valence-corrected chi connectivity index (χ2v) is 5.38. The molecule has 3 nitrogen and oxygen atoms in total. The summed E-state index contributed by atoms with van der Waals surface area (Å²) in [6.45, 7) is 3.71. The molecule has 0 aromatic heterocycles. The largest absolute Gasteiger partial charge is 0.496 e. The number of methoxy groups -OCH3 is 1. The van der Waals surface area contributed by atoms with E-state index in [2.05, 4.69) is 11.9 Å². The molecule has 0 spiro atoms. The van der Waals surface area contributed by atoms with Gasteiger partial charge < -0.3 is 10.1 Å². The van der Waals surface area contributed by atoms with E-state index in [1.165, 1.54) is 0 Å². The quantitative estimate of drug-likeness (QED) is 0.782. The molecule has 1 N–H and O–H groups in total. The summed E-state index contributed by atoms with van der Waals surface area (Å²) in [5.41, 5.74) is 1.78. The van der Waals surface area contributed by atoms with Crippen LogP contribution in [0.4, 0.5) is 5.69 Å². The number of ether oxygens (including phenoxy) is 1. The van der Waals surface area contributed by atoms with Crippen molar-refractivity contribution in [3.05, 3.63) is 70.2 Å². The van der Waals surface area contributed by atoms with Gasteiger partial charge in [0.2, 0.25) is 0 Å². The lowest BCUT2D eigenvalue weighted by Gasteiger charge is -2.11. The number of anilines is 1. The van der Waals surface area contributed by atoms with E-state index in [-0.39, 0.29) is 5.91 Å². The highest BCUT2D eigenvalue weighted by Gasteiger charge is 2.13. The minimum Gasteiger partial charge on any atom is -0.496 e. The Morgan fingerprint density at radius 3 is 2.55 bits per heavy atom. The molecule has 114 valence electrons. The predicted octanol–water partition coefficient (Wildman–Crippen LogP) is 4.98. The van der Waals surface area contributed by atoms with Gasteiger partial charge in [0.25, 0.3) is 5.91 Å². The van der Waals surface area contributed by atoms with E-state index in [4.69, 9.17) is 27.9 Å². The van der Waals surface area contributed by atoms with E-state index in [1.807, 2.05) is 0 Å². The first kappa shape index (κ1) is 16.4. The molecule has 0 unspecified atom stereocenters. The monoisotopic (exact) mass is 335 g/mol. The highest BCUT2D eigenvalue weighted by molar-refractivity contribution is 6.40. The van der Waals surface area contributed by atoms with Crippen molar-refractivity contribution < 1.29 is 9.53 Å². The molecule has 2 rings (SSSR count). The second-order valence-electron chi connectivity index (χ2n) is 4.57. The van der Waals surface area contributed by atoms with Crippen molar-refractivity contribution in [2.24, 2.45) is 0 Å². The molecule has 0 aliphatic carbocycles. The summed E-state index contributed by atoms with van der Waals surface area (Å²) >= 11 is 12.1. The maximum absolute atomic E-state index is 12.4. The van der Waals surface area contributed by atoms with Crippen LogP contribution in [0.3, 0.4) is 0 Å². The Hall–Kier alpha value is -1.97. The molecule has 0 bridgehead atoms. The summed E-state index contributed by atoms with van der Waals surface area (Å²) in [5, 5.41) is 3.51. The van der Waals surface area contributed by atoms with Crippen molar-refractivity contribution in [2.75, 3.05) is 12.4 Å². The second kappa shape index (κ2) is 7.34. The smallest absolute Gasteiger partial charge is 0.255 e. The number of carbonyl (C=O) groups excluding carboxylic acids is 1.